The zero-order valence-corrected chi connectivity index (χ0v) is 9.07. The molecule has 78 valence electrons. The van der Waals surface area contributed by atoms with Crippen molar-refractivity contribution in [2.24, 2.45) is 11.8 Å². The van der Waals surface area contributed by atoms with Crippen molar-refractivity contribution in [3.05, 3.63) is 12.2 Å². The largest absolute Gasteiger partial charge is 0.393 e. The van der Waals surface area contributed by atoms with Crippen molar-refractivity contribution in [3.63, 3.8) is 0 Å². The summed E-state index contributed by atoms with van der Waals surface area (Å²) in [6.07, 6.45) is 3.56. The Bertz CT molecular complexity index is 150. The van der Waals surface area contributed by atoms with Gasteiger partial charge in [-0.2, -0.15) is 0 Å². The Labute approximate surface area is 81.3 Å². The van der Waals surface area contributed by atoms with Gasteiger partial charge in [-0.25, -0.2) is 0 Å². The first-order valence-electron chi connectivity index (χ1n) is 4.98. The van der Waals surface area contributed by atoms with Crippen molar-refractivity contribution in [3.8, 4) is 0 Å². The van der Waals surface area contributed by atoms with Gasteiger partial charge >= 0.3 is 0 Å². The molecule has 13 heavy (non-hydrogen) atoms. The molecule has 2 heteroatoms. The zero-order chi connectivity index (χ0) is 10.4. The van der Waals surface area contributed by atoms with E-state index in [0.29, 0.717) is 6.42 Å². The lowest BCUT2D eigenvalue weighted by molar-refractivity contribution is 0.127. The fourth-order valence-corrected chi connectivity index (χ4v) is 0.852. The monoisotopic (exact) mass is 186 g/mol. The van der Waals surface area contributed by atoms with E-state index in [1.54, 1.807) is 6.08 Å². The van der Waals surface area contributed by atoms with Gasteiger partial charge in [-0.05, 0) is 18.3 Å². The lowest BCUT2D eigenvalue weighted by Crippen LogP contribution is -2.14. The van der Waals surface area contributed by atoms with Crippen LogP contribution in [0.1, 0.15) is 34.1 Å². The maximum atomic E-state index is 9.45. The predicted molar refractivity (Wildman–Crippen MR) is 55.4 cm³/mol. The second-order valence-corrected chi connectivity index (χ2v) is 4.21. The molecule has 2 N–H and O–H groups in total. The molecule has 0 rings (SSSR count). The predicted octanol–water partition coefficient (Wildman–Crippen LogP) is 1.97. The fourth-order valence-electron chi connectivity index (χ4n) is 0.852. The molecular formula is C11H22O2. The summed E-state index contributed by atoms with van der Waals surface area (Å²) in [5, 5.41) is 18.9. The van der Waals surface area contributed by atoms with Crippen LogP contribution >= 0.6 is 0 Å². The van der Waals surface area contributed by atoms with Crippen molar-refractivity contribution in [1.82, 2.24) is 0 Å². The van der Waals surface area contributed by atoms with E-state index in [4.69, 9.17) is 0 Å². The van der Waals surface area contributed by atoms with Crippen molar-refractivity contribution in [2.45, 2.75) is 46.3 Å². The SMILES string of the molecule is CC(C)[C@@H](O)/C=C/C[C@H](O)C(C)C. The first kappa shape index (κ1) is 12.7. The molecule has 0 aromatic carbocycles. The minimum atomic E-state index is -0.389. The van der Waals surface area contributed by atoms with Gasteiger partial charge in [0, 0.05) is 0 Å². The fraction of sp³-hybridized carbons (Fsp3) is 0.818. The van der Waals surface area contributed by atoms with Gasteiger partial charge in [0.15, 0.2) is 0 Å². The van der Waals surface area contributed by atoms with Crippen LogP contribution in [0.2, 0.25) is 0 Å². The maximum absolute atomic E-state index is 9.45. The highest BCUT2D eigenvalue weighted by Crippen LogP contribution is 2.08. The molecule has 0 saturated heterocycles. The summed E-state index contributed by atoms with van der Waals surface area (Å²) in [4.78, 5) is 0. The van der Waals surface area contributed by atoms with Crippen molar-refractivity contribution < 1.29 is 10.2 Å². The molecule has 0 aliphatic carbocycles. The van der Waals surface area contributed by atoms with Crippen LogP contribution in [-0.2, 0) is 0 Å². The highest BCUT2D eigenvalue weighted by atomic mass is 16.3. The summed E-state index contributed by atoms with van der Waals surface area (Å²) in [6.45, 7) is 7.90. The highest BCUT2D eigenvalue weighted by molar-refractivity contribution is 4.91. The minimum Gasteiger partial charge on any atom is -0.393 e. The van der Waals surface area contributed by atoms with Crippen molar-refractivity contribution >= 4 is 0 Å². The molecule has 2 atom stereocenters. The van der Waals surface area contributed by atoms with E-state index >= 15 is 0 Å². The van der Waals surface area contributed by atoms with Gasteiger partial charge in [0.25, 0.3) is 0 Å². The van der Waals surface area contributed by atoms with E-state index in [0.717, 1.165) is 0 Å². The van der Waals surface area contributed by atoms with Crippen LogP contribution in [0.25, 0.3) is 0 Å². The normalized spacial score (nSPS) is 17.2. The number of hydrogen-bond donors (Lipinski definition) is 2. The Morgan fingerprint density at radius 2 is 1.54 bits per heavy atom. The Balaban J connectivity index is 3.74. The molecule has 0 radical (unpaired) electrons. The summed E-state index contributed by atoms with van der Waals surface area (Å²) >= 11 is 0. The molecule has 0 saturated carbocycles. The van der Waals surface area contributed by atoms with Gasteiger partial charge in [0.05, 0.1) is 12.2 Å². The molecule has 0 aliphatic heterocycles. The lowest BCUT2D eigenvalue weighted by atomic mass is 10.0. The van der Waals surface area contributed by atoms with Crippen LogP contribution < -0.4 is 0 Å². The zero-order valence-electron chi connectivity index (χ0n) is 9.07. The molecule has 0 bridgehead atoms. The summed E-state index contributed by atoms with van der Waals surface area (Å²) < 4.78 is 0. The molecular weight excluding hydrogens is 164 g/mol. The van der Waals surface area contributed by atoms with E-state index in [-0.39, 0.29) is 24.0 Å². The Kier molecular flexibility index (Phi) is 6.00. The van der Waals surface area contributed by atoms with E-state index in [2.05, 4.69) is 0 Å². The quantitative estimate of drug-likeness (QED) is 0.644. The molecule has 0 aliphatic rings. The Morgan fingerprint density at radius 3 is 1.92 bits per heavy atom. The molecule has 0 fully saturated rings. The van der Waals surface area contributed by atoms with Crippen molar-refractivity contribution in [2.75, 3.05) is 0 Å². The summed E-state index contributed by atoms with van der Waals surface area (Å²) in [6, 6.07) is 0. The average molecular weight is 186 g/mol. The molecule has 0 aromatic rings. The molecule has 0 heterocycles. The number of rotatable bonds is 5. The molecule has 0 aromatic heterocycles. The molecule has 0 unspecified atom stereocenters. The van der Waals surface area contributed by atoms with Crippen LogP contribution in [0.3, 0.4) is 0 Å². The summed E-state index contributed by atoms with van der Waals surface area (Å²) in [5.41, 5.74) is 0. The van der Waals surface area contributed by atoms with Gasteiger partial charge in [0.2, 0.25) is 0 Å². The third-order valence-corrected chi connectivity index (χ3v) is 2.16. The summed E-state index contributed by atoms with van der Waals surface area (Å²) in [7, 11) is 0. The smallest absolute Gasteiger partial charge is 0.0743 e. The topological polar surface area (TPSA) is 40.5 Å². The highest BCUT2D eigenvalue weighted by Gasteiger charge is 2.07. The van der Waals surface area contributed by atoms with Gasteiger partial charge < -0.3 is 10.2 Å². The van der Waals surface area contributed by atoms with Crippen LogP contribution in [0.4, 0.5) is 0 Å². The van der Waals surface area contributed by atoms with Gasteiger partial charge in [0.1, 0.15) is 0 Å². The first-order chi connectivity index (χ1) is 5.95. The van der Waals surface area contributed by atoms with Crippen LogP contribution in [0, 0.1) is 11.8 Å². The Morgan fingerprint density at radius 1 is 1.00 bits per heavy atom. The number of aliphatic hydroxyl groups is 2. The Hall–Kier alpha value is -0.340. The third-order valence-electron chi connectivity index (χ3n) is 2.16. The van der Waals surface area contributed by atoms with E-state index < -0.39 is 0 Å². The van der Waals surface area contributed by atoms with Crippen LogP contribution in [0.5, 0.6) is 0 Å². The van der Waals surface area contributed by atoms with Crippen LogP contribution in [-0.4, -0.2) is 22.4 Å². The van der Waals surface area contributed by atoms with Gasteiger partial charge in [-0.1, -0.05) is 39.8 Å². The summed E-state index contributed by atoms with van der Waals surface area (Å²) in [5.74, 6) is 0.522. The van der Waals surface area contributed by atoms with E-state index in [1.807, 2.05) is 33.8 Å². The average Bonchev–Trinajstić information content (AvgIpc) is 2.03. The van der Waals surface area contributed by atoms with E-state index in [9.17, 15) is 10.2 Å². The second-order valence-electron chi connectivity index (χ2n) is 4.21. The first-order valence-corrected chi connectivity index (χ1v) is 4.98. The lowest BCUT2D eigenvalue weighted by Gasteiger charge is -2.12. The van der Waals surface area contributed by atoms with Gasteiger partial charge in [-0.15, -0.1) is 0 Å². The van der Waals surface area contributed by atoms with Gasteiger partial charge in [-0.3, -0.25) is 0 Å². The number of aliphatic hydroxyl groups excluding tert-OH is 2. The van der Waals surface area contributed by atoms with Crippen LogP contribution in [0.15, 0.2) is 12.2 Å². The minimum absolute atomic E-state index is 0.243. The molecule has 0 amide bonds. The molecule has 2 nitrogen and oxygen atoms in total. The van der Waals surface area contributed by atoms with Crippen molar-refractivity contribution in [1.29, 1.82) is 0 Å². The third kappa shape index (κ3) is 5.83. The standard InChI is InChI=1S/C11H22O2/c1-8(2)10(12)6-5-7-11(13)9(3)4/h5-6,8-13H,7H2,1-4H3/b6-5+/t10-,11-/m0/s1. The van der Waals surface area contributed by atoms with E-state index in [1.165, 1.54) is 0 Å². The second kappa shape index (κ2) is 6.17. The molecule has 0 spiro atoms. The maximum Gasteiger partial charge on any atom is 0.0743 e. The number of hydrogen-bond acceptors (Lipinski definition) is 2.